The van der Waals surface area contributed by atoms with Gasteiger partial charge in [-0.05, 0) is 29.5 Å². The predicted molar refractivity (Wildman–Crippen MR) is 108 cm³/mol. The van der Waals surface area contributed by atoms with Crippen LogP contribution in [0.1, 0.15) is 16.9 Å². The van der Waals surface area contributed by atoms with E-state index < -0.39 is 0 Å². The minimum atomic E-state index is -0.363. The molecule has 148 valence electrons. The summed E-state index contributed by atoms with van der Waals surface area (Å²) in [5.41, 5.74) is 1.78. The van der Waals surface area contributed by atoms with Crippen LogP contribution in [-0.4, -0.2) is 44.0 Å². The standard InChI is InChI=1S/C20H21ClN2O4S/c1-26-16-9-17(27-2)15(8-14(16)21)23-11-13(7-19(23)24)20(25)22-5-3-18-12(10-22)4-6-28-18/h4,6,8-9,13H,3,5,7,10-11H2,1-2H3. The fourth-order valence-corrected chi connectivity index (χ4v) is 4.98. The summed E-state index contributed by atoms with van der Waals surface area (Å²) in [5, 5.41) is 2.46. The van der Waals surface area contributed by atoms with Crippen molar-refractivity contribution in [1.82, 2.24) is 4.90 Å². The zero-order valence-corrected chi connectivity index (χ0v) is 17.3. The van der Waals surface area contributed by atoms with Crippen LogP contribution >= 0.6 is 22.9 Å². The van der Waals surface area contributed by atoms with Gasteiger partial charge in [-0.25, -0.2) is 0 Å². The SMILES string of the molecule is COc1cc(OC)c(N2CC(C(=O)N3CCc4sccc4C3)CC2=O)cc1Cl. The van der Waals surface area contributed by atoms with Gasteiger partial charge in [0.15, 0.2) is 0 Å². The Bertz CT molecular complexity index is 929. The molecule has 0 bridgehead atoms. The van der Waals surface area contributed by atoms with E-state index in [1.807, 2.05) is 4.90 Å². The molecule has 0 spiro atoms. The molecule has 0 saturated carbocycles. The molecule has 6 nitrogen and oxygen atoms in total. The molecule has 1 atom stereocenters. The molecule has 1 aromatic carbocycles. The van der Waals surface area contributed by atoms with E-state index in [9.17, 15) is 9.59 Å². The molecule has 1 aromatic heterocycles. The van der Waals surface area contributed by atoms with Crippen molar-refractivity contribution in [2.24, 2.45) is 5.92 Å². The van der Waals surface area contributed by atoms with Crippen molar-refractivity contribution in [3.8, 4) is 11.5 Å². The van der Waals surface area contributed by atoms with Gasteiger partial charge in [-0.3, -0.25) is 9.59 Å². The molecule has 0 radical (unpaired) electrons. The van der Waals surface area contributed by atoms with Crippen LogP contribution in [0.2, 0.25) is 5.02 Å². The summed E-state index contributed by atoms with van der Waals surface area (Å²) in [6, 6.07) is 5.39. The lowest BCUT2D eigenvalue weighted by Crippen LogP contribution is -2.40. The van der Waals surface area contributed by atoms with Crippen LogP contribution < -0.4 is 14.4 Å². The lowest BCUT2D eigenvalue weighted by Gasteiger charge is -2.29. The second-order valence-corrected chi connectivity index (χ2v) is 8.35. The minimum absolute atomic E-state index is 0.0336. The first-order valence-electron chi connectivity index (χ1n) is 9.07. The number of thiophene rings is 1. The normalized spacial score (nSPS) is 19.0. The van der Waals surface area contributed by atoms with E-state index in [1.54, 1.807) is 28.4 Å². The van der Waals surface area contributed by atoms with E-state index >= 15 is 0 Å². The Morgan fingerprint density at radius 3 is 2.79 bits per heavy atom. The van der Waals surface area contributed by atoms with Gasteiger partial charge in [0.05, 0.1) is 30.8 Å². The topological polar surface area (TPSA) is 59.1 Å². The summed E-state index contributed by atoms with van der Waals surface area (Å²) in [4.78, 5) is 30.6. The number of nitrogens with zero attached hydrogens (tertiary/aromatic N) is 2. The Morgan fingerprint density at radius 2 is 2.04 bits per heavy atom. The average molecular weight is 421 g/mol. The van der Waals surface area contributed by atoms with Gasteiger partial charge >= 0.3 is 0 Å². The molecule has 1 fully saturated rings. The highest BCUT2D eigenvalue weighted by molar-refractivity contribution is 7.10. The number of hydrogen-bond acceptors (Lipinski definition) is 5. The molecular formula is C20H21ClN2O4S. The van der Waals surface area contributed by atoms with E-state index in [-0.39, 0.29) is 24.2 Å². The highest BCUT2D eigenvalue weighted by atomic mass is 35.5. The number of hydrogen-bond donors (Lipinski definition) is 0. The molecular weight excluding hydrogens is 400 g/mol. The van der Waals surface area contributed by atoms with E-state index in [0.717, 1.165) is 6.42 Å². The van der Waals surface area contributed by atoms with Gasteiger partial charge in [-0.1, -0.05) is 11.6 Å². The van der Waals surface area contributed by atoms with Gasteiger partial charge in [0.2, 0.25) is 11.8 Å². The summed E-state index contributed by atoms with van der Waals surface area (Å²) in [5.74, 6) is 0.528. The maximum absolute atomic E-state index is 13.0. The van der Waals surface area contributed by atoms with Gasteiger partial charge in [0.25, 0.3) is 0 Å². The zero-order valence-electron chi connectivity index (χ0n) is 15.7. The molecule has 2 aromatic rings. The van der Waals surface area contributed by atoms with Gasteiger partial charge in [0.1, 0.15) is 11.5 Å². The molecule has 1 saturated heterocycles. The van der Waals surface area contributed by atoms with E-state index in [0.29, 0.717) is 41.8 Å². The minimum Gasteiger partial charge on any atom is -0.495 e. The van der Waals surface area contributed by atoms with Crippen LogP contribution in [0.25, 0.3) is 0 Å². The maximum Gasteiger partial charge on any atom is 0.228 e. The number of carbonyl (C=O) groups is 2. The first kappa shape index (κ1) is 19.1. The molecule has 0 N–H and O–H groups in total. The molecule has 1 unspecified atom stereocenters. The third-order valence-electron chi connectivity index (χ3n) is 5.34. The lowest BCUT2D eigenvalue weighted by molar-refractivity contribution is -0.136. The van der Waals surface area contributed by atoms with Crippen LogP contribution in [0.4, 0.5) is 5.69 Å². The Morgan fingerprint density at radius 1 is 1.25 bits per heavy atom. The smallest absolute Gasteiger partial charge is 0.228 e. The highest BCUT2D eigenvalue weighted by Gasteiger charge is 2.39. The largest absolute Gasteiger partial charge is 0.495 e. The Hall–Kier alpha value is -2.25. The summed E-state index contributed by atoms with van der Waals surface area (Å²) in [6.45, 7) is 1.65. The molecule has 8 heteroatoms. The van der Waals surface area contributed by atoms with Crippen LogP contribution in [0.15, 0.2) is 23.6 Å². The van der Waals surface area contributed by atoms with Gasteiger partial charge < -0.3 is 19.3 Å². The average Bonchev–Trinajstić information content (AvgIpc) is 3.32. The van der Waals surface area contributed by atoms with E-state index in [2.05, 4.69) is 11.4 Å². The summed E-state index contributed by atoms with van der Waals surface area (Å²) >= 11 is 7.99. The highest BCUT2D eigenvalue weighted by Crippen LogP contribution is 2.40. The number of halogens is 1. The first-order chi connectivity index (χ1) is 13.5. The predicted octanol–water partition coefficient (Wildman–Crippen LogP) is 3.36. The summed E-state index contributed by atoms with van der Waals surface area (Å²) in [7, 11) is 3.05. The fraction of sp³-hybridized carbons (Fsp3) is 0.400. The molecule has 0 aliphatic carbocycles. The summed E-state index contributed by atoms with van der Waals surface area (Å²) in [6.07, 6.45) is 1.07. The molecule has 2 aliphatic rings. The summed E-state index contributed by atoms with van der Waals surface area (Å²) < 4.78 is 10.6. The third-order valence-corrected chi connectivity index (χ3v) is 6.66. The zero-order chi connectivity index (χ0) is 19.8. The fourth-order valence-electron chi connectivity index (χ4n) is 3.86. The number of rotatable bonds is 4. The quantitative estimate of drug-likeness (QED) is 0.761. The second-order valence-electron chi connectivity index (χ2n) is 6.94. The molecule has 2 aliphatic heterocycles. The van der Waals surface area contributed by atoms with Crippen molar-refractivity contribution in [3.63, 3.8) is 0 Å². The van der Waals surface area contributed by atoms with Crippen LogP contribution in [0.3, 0.4) is 0 Å². The first-order valence-corrected chi connectivity index (χ1v) is 10.3. The Labute approximate surface area is 172 Å². The van der Waals surface area contributed by atoms with Crippen molar-refractivity contribution < 1.29 is 19.1 Å². The van der Waals surface area contributed by atoms with Crippen molar-refractivity contribution >= 4 is 40.4 Å². The van der Waals surface area contributed by atoms with Gasteiger partial charge in [-0.15, -0.1) is 11.3 Å². The van der Waals surface area contributed by atoms with Crippen LogP contribution in [0.5, 0.6) is 11.5 Å². The van der Waals surface area contributed by atoms with Gasteiger partial charge in [-0.2, -0.15) is 0 Å². The maximum atomic E-state index is 13.0. The van der Waals surface area contributed by atoms with Crippen molar-refractivity contribution in [1.29, 1.82) is 0 Å². The number of methoxy groups -OCH3 is 2. The van der Waals surface area contributed by atoms with Crippen LogP contribution in [-0.2, 0) is 22.6 Å². The van der Waals surface area contributed by atoms with E-state index in [4.69, 9.17) is 21.1 Å². The number of carbonyl (C=O) groups excluding carboxylic acids is 2. The molecule has 3 heterocycles. The molecule has 2 amide bonds. The third kappa shape index (κ3) is 3.33. The number of fused-ring (bicyclic) bond motifs is 1. The van der Waals surface area contributed by atoms with Crippen molar-refractivity contribution in [3.05, 3.63) is 39.0 Å². The number of anilines is 1. The molecule has 28 heavy (non-hydrogen) atoms. The Kier molecular flexibility index (Phi) is 5.21. The number of ether oxygens (including phenoxy) is 2. The number of benzene rings is 1. The monoisotopic (exact) mass is 420 g/mol. The lowest BCUT2D eigenvalue weighted by atomic mass is 10.0. The van der Waals surface area contributed by atoms with Crippen molar-refractivity contribution in [2.45, 2.75) is 19.4 Å². The van der Waals surface area contributed by atoms with Crippen molar-refractivity contribution in [2.75, 3.05) is 32.2 Å². The Balaban J connectivity index is 1.53. The number of amides is 2. The van der Waals surface area contributed by atoms with E-state index in [1.165, 1.54) is 24.7 Å². The van der Waals surface area contributed by atoms with Crippen LogP contribution in [0, 0.1) is 5.92 Å². The second kappa shape index (κ2) is 7.64. The van der Waals surface area contributed by atoms with Gasteiger partial charge in [0, 0.05) is 37.0 Å². The molecule has 4 rings (SSSR count).